The number of rotatable bonds is 4. The molecule has 1 aliphatic heterocycles. The van der Waals surface area contributed by atoms with Gasteiger partial charge in [0, 0.05) is 19.1 Å². The van der Waals surface area contributed by atoms with Gasteiger partial charge in [0.1, 0.15) is 11.6 Å². The number of nitrogens with zero attached hydrogens (tertiary/aromatic N) is 1. The Balaban J connectivity index is 1.52. The maximum absolute atomic E-state index is 13.9. The molecule has 1 fully saturated rings. The SMILES string of the molecule is O=C(Cc1ccc(F)cc1)NC1CCN(C(=O)c2c(F)cccc2Cl)CC1. The van der Waals surface area contributed by atoms with E-state index in [1.165, 1.54) is 30.3 Å². The maximum atomic E-state index is 13.9. The number of amides is 2. The van der Waals surface area contributed by atoms with Gasteiger partial charge >= 0.3 is 0 Å². The van der Waals surface area contributed by atoms with E-state index in [9.17, 15) is 18.4 Å². The molecule has 1 aliphatic rings. The summed E-state index contributed by atoms with van der Waals surface area (Å²) in [6, 6.07) is 9.89. The summed E-state index contributed by atoms with van der Waals surface area (Å²) in [5.74, 6) is -1.56. The van der Waals surface area contributed by atoms with Gasteiger partial charge in [-0.05, 0) is 42.7 Å². The lowest BCUT2D eigenvalue weighted by molar-refractivity contribution is -0.121. The molecular formula is C20H19ClF2N2O2. The summed E-state index contributed by atoms with van der Waals surface area (Å²) < 4.78 is 26.8. The number of nitrogens with one attached hydrogen (secondary N) is 1. The third kappa shape index (κ3) is 4.83. The van der Waals surface area contributed by atoms with Gasteiger partial charge in [-0.1, -0.05) is 29.8 Å². The molecule has 0 atom stereocenters. The van der Waals surface area contributed by atoms with Crippen LogP contribution in [-0.2, 0) is 11.2 Å². The van der Waals surface area contributed by atoms with Crippen molar-refractivity contribution in [1.29, 1.82) is 0 Å². The lowest BCUT2D eigenvalue weighted by atomic mass is 10.0. The molecule has 0 aliphatic carbocycles. The van der Waals surface area contributed by atoms with E-state index in [2.05, 4.69) is 5.32 Å². The number of hydrogen-bond acceptors (Lipinski definition) is 2. The zero-order chi connectivity index (χ0) is 19.4. The molecule has 4 nitrogen and oxygen atoms in total. The molecule has 2 aromatic carbocycles. The summed E-state index contributed by atoms with van der Waals surface area (Å²) in [7, 11) is 0. The van der Waals surface area contributed by atoms with Crippen molar-refractivity contribution < 1.29 is 18.4 Å². The molecule has 27 heavy (non-hydrogen) atoms. The highest BCUT2D eigenvalue weighted by Gasteiger charge is 2.27. The minimum Gasteiger partial charge on any atom is -0.353 e. The van der Waals surface area contributed by atoms with Crippen molar-refractivity contribution in [2.24, 2.45) is 0 Å². The Kier molecular flexibility index (Phi) is 6.06. The second-order valence-electron chi connectivity index (χ2n) is 6.53. The van der Waals surface area contributed by atoms with Crippen LogP contribution in [0, 0.1) is 11.6 Å². The van der Waals surface area contributed by atoms with Crippen LogP contribution in [0.2, 0.25) is 5.02 Å². The number of halogens is 3. The molecule has 0 saturated carbocycles. The molecule has 2 aromatic rings. The van der Waals surface area contributed by atoms with Gasteiger partial charge in [0.05, 0.1) is 17.0 Å². The third-order valence-electron chi connectivity index (χ3n) is 4.60. The van der Waals surface area contributed by atoms with Crippen LogP contribution < -0.4 is 5.32 Å². The van der Waals surface area contributed by atoms with Gasteiger partial charge in [0.25, 0.3) is 5.91 Å². The van der Waals surface area contributed by atoms with E-state index >= 15 is 0 Å². The van der Waals surface area contributed by atoms with Crippen LogP contribution in [0.15, 0.2) is 42.5 Å². The van der Waals surface area contributed by atoms with Gasteiger partial charge in [-0.25, -0.2) is 8.78 Å². The first kappa shape index (κ1) is 19.3. The van der Waals surface area contributed by atoms with Gasteiger partial charge in [-0.2, -0.15) is 0 Å². The minimum absolute atomic E-state index is 0.0573. The first-order chi connectivity index (χ1) is 12.9. The smallest absolute Gasteiger partial charge is 0.258 e. The van der Waals surface area contributed by atoms with E-state index < -0.39 is 11.7 Å². The third-order valence-corrected chi connectivity index (χ3v) is 4.92. The summed E-state index contributed by atoms with van der Waals surface area (Å²) in [5.41, 5.74) is 0.619. The van der Waals surface area contributed by atoms with Crippen LogP contribution in [0.3, 0.4) is 0 Å². The van der Waals surface area contributed by atoms with Crippen molar-refractivity contribution in [3.8, 4) is 0 Å². The van der Waals surface area contributed by atoms with E-state index in [-0.39, 0.29) is 34.8 Å². The van der Waals surface area contributed by atoms with Crippen LogP contribution in [0.5, 0.6) is 0 Å². The van der Waals surface area contributed by atoms with Gasteiger partial charge in [-0.3, -0.25) is 9.59 Å². The summed E-state index contributed by atoms with van der Waals surface area (Å²) >= 11 is 5.96. The summed E-state index contributed by atoms with van der Waals surface area (Å²) in [6.07, 6.45) is 1.32. The average molecular weight is 393 g/mol. The van der Waals surface area contributed by atoms with Crippen LogP contribution in [-0.4, -0.2) is 35.8 Å². The van der Waals surface area contributed by atoms with Crippen LogP contribution >= 0.6 is 11.6 Å². The monoisotopic (exact) mass is 392 g/mol. The topological polar surface area (TPSA) is 49.4 Å². The number of carbonyl (C=O) groups is 2. The number of benzene rings is 2. The van der Waals surface area contributed by atoms with E-state index in [4.69, 9.17) is 11.6 Å². The molecule has 1 saturated heterocycles. The normalized spacial score (nSPS) is 14.9. The average Bonchev–Trinajstić information content (AvgIpc) is 2.64. The molecule has 0 aromatic heterocycles. The number of piperidine rings is 1. The second-order valence-corrected chi connectivity index (χ2v) is 6.94. The zero-order valence-corrected chi connectivity index (χ0v) is 15.3. The highest BCUT2D eigenvalue weighted by atomic mass is 35.5. The van der Waals surface area contributed by atoms with Gasteiger partial charge in [-0.15, -0.1) is 0 Å². The van der Waals surface area contributed by atoms with Crippen LogP contribution in [0.25, 0.3) is 0 Å². The molecule has 0 bridgehead atoms. The molecule has 0 spiro atoms. The summed E-state index contributed by atoms with van der Waals surface area (Å²) in [6.45, 7) is 0.815. The summed E-state index contributed by atoms with van der Waals surface area (Å²) in [4.78, 5) is 26.2. The Labute approximate surface area is 161 Å². The molecule has 7 heteroatoms. The highest BCUT2D eigenvalue weighted by Crippen LogP contribution is 2.22. The van der Waals surface area contributed by atoms with Crippen molar-refractivity contribution in [2.75, 3.05) is 13.1 Å². The predicted molar refractivity (Wildman–Crippen MR) is 98.6 cm³/mol. The summed E-state index contributed by atoms with van der Waals surface area (Å²) in [5, 5.41) is 3.03. The fraction of sp³-hybridized carbons (Fsp3) is 0.300. The lowest BCUT2D eigenvalue weighted by Gasteiger charge is -2.32. The molecule has 0 radical (unpaired) electrons. The molecule has 0 unspecified atom stereocenters. The Bertz CT molecular complexity index is 814. The largest absolute Gasteiger partial charge is 0.353 e. The zero-order valence-electron chi connectivity index (χ0n) is 14.6. The molecule has 1 heterocycles. The van der Waals surface area contributed by atoms with Gasteiger partial charge in [0.2, 0.25) is 5.91 Å². The number of hydrogen-bond donors (Lipinski definition) is 1. The minimum atomic E-state index is -0.637. The lowest BCUT2D eigenvalue weighted by Crippen LogP contribution is -2.47. The van der Waals surface area contributed by atoms with Crippen LogP contribution in [0.1, 0.15) is 28.8 Å². The molecule has 1 N–H and O–H groups in total. The van der Waals surface area contributed by atoms with Gasteiger partial charge in [0.15, 0.2) is 0 Å². The molecule has 3 rings (SSSR count). The standard InChI is InChI=1S/C20H19ClF2N2O2/c21-16-2-1-3-17(23)19(16)20(27)25-10-8-15(9-11-25)24-18(26)12-13-4-6-14(22)7-5-13/h1-7,15H,8-12H2,(H,24,26). The molecule has 2 amide bonds. The van der Waals surface area contributed by atoms with Crippen molar-refractivity contribution in [3.63, 3.8) is 0 Å². The van der Waals surface area contributed by atoms with E-state index in [1.807, 2.05) is 0 Å². The highest BCUT2D eigenvalue weighted by molar-refractivity contribution is 6.33. The Morgan fingerprint density at radius 2 is 1.74 bits per heavy atom. The van der Waals surface area contributed by atoms with Crippen molar-refractivity contribution in [1.82, 2.24) is 10.2 Å². The Morgan fingerprint density at radius 1 is 1.07 bits per heavy atom. The predicted octanol–water partition coefficient (Wildman–Crippen LogP) is 3.58. The molecule has 142 valence electrons. The van der Waals surface area contributed by atoms with E-state index in [1.54, 1.807) is 17.0 Å². The fourth-order valence-electron chi connectivity index (χ4n) is 3.15. The molecular weight excluding hydrogens is 374 g/mol. The number of carbonyl (C=O) groups excluding carboxylic acids is 2. The maximum Gasteiger partial charge on any atom is 0.258 e. The Morgan fingerprint density at radius 3 is 2.37 bits per heavy atom. The number of likely N-dealkylation sites (tertiary alicyclic amines) is 1. The van der Waals surface area contributed by atoms with Crippen molar-refractivity contribution >= 4 is 23.4 Å². The fourth-order valence-corrected chi connectivity index (χ4v) is 3.40. The quantitative estimate of drug-likeness (QED) is 0.864. The first-order valence-electron chi connectivity index (χ1n) is 8.71. The van der Waals surface area contributed by atoms with Crippen molar-refractivity contribution in [3.05, 3.63) is 70.2 Å². The van der Waals surface area contributed by atoms with Gasteiger partial charge < -0.3 is 10.2 Å². The van der Waals surface area contributed by atoms with E-state index in [0.717, 1.165) is 5.56 Å². The first-order valence-corrected chi connectivity index (χ1v) is 9.09. The second kappa shape index (κ2) is 8.48. The van der Waals surface area contributed by atoms with Crippen molar-refractivity contribution in [2.45, 2.75) is 25.3 Å². The van der Waals surface area contributed by atoms with E-state index in [0.29, 0.717) is 25.9 Å². The van der Waals surface area contributed by atoms with Crippen LogP contribution in [0.4, 0.5) is 8.78 Å². The Hall–Kier alpha value is -2.47.